The first-order valence-corrected chi connectivity index (χ1v) is 8.66. The van der Waals surface area contributed by atoms with Crippen molar-refractivity contribution < 1.29 is 19.1 Å². The summed E-state index contributed by atoms with van der Waals surface area (Å²) in [5.74, 6) is -0.434. The van der Waals surface area contributed by atoms with E-state index in [9.17, 15) is 9.59 Å². The quantitative estimate of drug-likeness (QED) is 0.785. The van der Waals surface area contributed by atoms with Gasteiger partial charge < -0.3 is 14.8 Å². The first-order valence-electron chi connectivity index (χ1n) is 8.66. The molecular weight excluding hydrogens is 318 g/mol. The van der Waals surface area contributed by atoms with Gasteiger partial charge in [0, 0.05) is 0 Å². The Morgan fingerprint density at radius 2 is 1.64 bits per heavy atom. The van der Waals surface area contributed by atoms with Crippen LogP contribution in [0, 0.1) is 5.41 Å². The van der Waals surface area contributed by atoms with E-state index in [0.29, 0.717) is 19.4 Å². The van der Waals surface area contributed by atoms with E-state index in [1.54, 1.807) is 20.8 Å². The van der Waals surface area contributed by atoms with Crippen LogP contribution in [0.2, 0.25) is 0 Å². The van der Waals surface area contributed by atoms with E-state index in [0.717, 1.165) is 5.56 Å². The highest BCUT2D eigenvalue weighted by atomic mass is 16.6. The molecule has 0 aliphatic rings. The van der Waals surface area contributed by atoms with Crippen LogP contribution < -0.4 is 5.32 Å². The smallest absolute Gasteiger partial charge is 0.408 e. The third-order valence-electron chi connectivity index (χ3n) is 3.19. The lowest BCUT2D eigenvalue weighted by Gasteiger charge is -2.24. The van der Waals surface area contributed by atoms with Gasteiger partial charge in [-0.15, -0.1) is 0 Å². The highest BCUT2D eigenvalue weighted by Gasteiger charge is 2.26. The number of carbonyl (C=O) groups is 2. The minimum absolute atomic E-state index is 0.133. The fraction of sp³-hybridized carbons (Fsp3) is 0.600. The number of aryl methyl sites for hydroxylation is 1. The summed E-state index contributed by atoms with van der Waals surface area (Å²) in [5, 5.41) is 2.64. The zero-order valence-corrected chi connectivity index (χ0v) is 16.2. The number of ether oxygens (including phenoxy) is 2. The van der Waals surface area contributed by atoms with Gasteiger partial charge in [0.25, 0.3) is 0 Å². The summed E-state index contributed by atoms with van der Waals surface area (Å²) >= 11 is 0. The molecule has 1 N–H and O–H groups in total. The van der Waals surface area contributed by atoms with E-state index in [-0.39, 0.29) is 5.41 Å². The first-order chi connectivity index (χ1) is 11.5. The van der Waals surface area contributed by atoms with Crippen LogP contribution in [0.15, 0.2) is 30.3 Å². The number of alkyl carbamates (subject to hydrolysis) is 1. The van der Waals surface area contributed by atoms with Crippen LogP contribution in [-0.4, -0.2) is 30.3 Å². The number of benzene rings is 1. The van der Waals surface area contributed by atoms with Crippen molar-refractivity contribution in [3.8, 4) is 0 Å². The Bertz CT molecular complexity index is 555. The van der Waals surface area contributed by atoms with Crippen LogP contribution in [0.4, 0.5) is 4.79 Å². The second kappa shape index (κ2) is 8.88. The number of rotatable bonds is 6. The predicted molar refractivity (Wildman–Crippen MR) is 98.3 cm³/mol. The summed E-state index contributed by atoms with van der Waals surface area (Å²) in [6.45, 7) is 11.6. The maximum absolute atomic E-state index is 12.4. The van der Waals surface area contributed by atoms with Gasteiger partial charge in [-0.25, -0.2) is 9.59 Å². The molecule has 1 aromatic carbocycles. The van der Waals surface area contributed by atoms with Gasteiger partial charge >= 0.3 is 12.1 Å². The minimum atomic E-state index is -0.739. The van der Waals surface area contributed by atoms with E-state index < -0.39 is 23.7 Å². The molecule has 0 saturated carbocycles. The molecule has 1 aromatic rings. The monoisotopic (exact) mass is 349 g/mol. The predicted octanol–water partition coefficient (Wildman–Crippen LogP) is 4.10. The highest BCUT2D eigenvalue weighted by Crippen LogP contribution is 2.15. The van der Waals surface area contributed by atoms with Gasteiger partial charge in [-0.1, -0.05) is 51.1 Å². The molecule has 0 heterocycles. The van der Waals surface area contributed by atoms with Gasteiger partial charge in [-0.2, -0.15) is 0 Å². The number of carbonyl (C=O) groups excluding carboxylic acids is 2. The maximum atomic E-state index is 12.4. The molecule has 1 atom stereocenters. The largest absolute Gasteiger partial charge is 0.464 e. The van der Waals surface area contributed by atoms with Crippen molar-refractivity contribution in [3.05, 3.63) is 35.9 Å². The summed E-state index contributed by atoms with van der Waals surface area (Å²) in [4.78, 5) is 24.5. The Morgan fingerprint density at radius 1 is 1.04 bits per heavy atom. The topological polar surface area (TPSA) is 64.6 Å². The van der Waals surface area contributed by atoms with Crippen molar-refractivity contribution in [2.24, 2.45) is 5.41 Å². The number of nitrogens with one attached hydrogen (secondary N) is 1. The van der Waals surface area contributed by atoms with Crippen LogP contribution in [0.5, 0.6) is 0 Å². The Hall–Kier alpha value is -2.04. The molecule has 0 bridgehead atoms. The molecule has 140 valence electrons. The lowest BCUT2D eigenvalue weighted by atomic mass is 9.98. The molecule has 5 heteroatoms. The van der Waals surface area contributed by atoms with Gasteiger partial charge in [-0.3, -0.25) is 0 Å². The summed E-state index contributed by atoms with van der Waals surface area (Å²) in [6, 6.07) is 9.08. The van der Waals surface area contributed by atoms with Gasteiger partial charge in [0.1, 0.15) is 11.6 Å². The molecular formula is C20H31NO4. The van der Waals surface area contributed by atoms with E-state index in [4.69, 9.17) is 9.47 Å². The Labute approximate surface area is 151 Å². The minimum Gasteiger partial charge on any atom is -0.464 e. The van der Waals surface area contributed by atoms with Gasteiger partial charge in [-0.05, 0) is 44.6 Å². The highest BCUT2D eigenvalue weighted by molar-refractivity contribution is 5.81. The second-order valence-electron chi connectivity index (χ2n) is 8.39. The average molecular weight is 349 g/mol. The molecule has 0 saturated heterocycles. The number of amides is 1. The summed E-state index contributed by atoms with van der Waals surface area (Å²) in [5.41, 5.74) is 0.344. The summed E-state index contributed by atoms with van der Waals surface area (Å²) < 4.78 is 10.6. The van der Waals surface area contributed by atoms with Crippen molar-refractivity contribution in [1.29, 1.82) is 0 Å². The standard InChI is InChI=1S/C20H31NO4/c1-19(2,3)14-24-17(22)16(21-18(23)25-20(4,5)6)13-12-15-10-8-7-9-11-15/h7-11,16H,12-14H2,1-6H3,(H,21,23)/t16-/m0/s1. The normalized spacial score (nSPS) is 13.0. The zero-order valence-electron chi connectivity index (χ0n) is 16.2. The molecule has 0 aromatic heterocycles. The molecule has 1 amide bonds. The lowest BCUT2D eigenvalue weighted by molar-refractivity contribution is -0.149. The van der Waals surface area contributed by atoms with Crippen molar-refractivity contribution in [2.75, 3.05) is 6.61 Å². The van der Waals surface area contributed by atoms with Gasteiger partial charge in [0.2, 0.25) is 0 Å². The Kier molecular flexibility index (Phi) is 7.46. The van der Waals surface area contributed by atoms with E-state index in [2.05, 4.69) is 5.32 Å². The molecule has 0 radical (unpaired) electrons. The third-order valence-corrected chi connectivity index (χ3v) is 3.19. The second-order valence-corrected chi connectivity index (χ2v) is 8.39. The molecule has 1 rings (SSSR count). The molecule has 0 spiro atoms. The van der Waals surface area contributed by atoms with Crippen molar-refractivity contribution in [1.82, 2.24) is 5.32 Å². The zero-order chi connectivity index (χ0) is 19.1. The first kappa shape index (κ1) is 21.0. The Morgan fingerprint density at radius 3 is 2.16 bits per heavy atom. The van der Waals surface area contributed by atoms with Crippen molar-refractivity contribution in [3.63, 3.8) is 0 Å². The molecule has 0 aliphatic carbocycles. The summed E-state index contributed by atoms with van der Waals surface area (Å²) in [7, 11) is 0. The third kappa shape index (κ3) is 9.75. The van der Waals surface area contributed by atoms with E-state index >= 15 is 0 Å². The van der Waals surface area contributed by atoms with Crippen molar-refractivity contribution in [2.45, 2.75) is 66.0 Å². The van der Waals surface area contributed by atoms with Gasteiger partial charge in [0.05, 0.1) is 6.61 Å². The fourth-order valence-corrected chi connectivity index (χ4v) is 2.04. The van der Waals surface area contributed by atoms with Crippen LogP contribution in [0.1, 0.15) is 53.5 Å². The number of hydrogen-bond acceptors (Lipinski definition) is 4. The molecule has 0 fully saturated rings. The van der Waals surface area contributed by atoms with Gasteiger partial charge in [0.15, 0.2) is 0 Å². The average Bonchev–Trinajstić information content (AvgIpc) is 2.47. The van der Waals surface area contributed by atoms with Crippen LogP contribution in [0.25, 0.3) is 0 Å². The number of esters is 1. The molecule has 25 heavy (non-hydrogen) atoms. The van der Waals surface area contributed by atoms with Crippen molar-refractivity contribution >= 4 is 12.1 Å². The van der Waals surface area contributed by atoms with E-state index in [1.807, 2.05) is 51.1 Å². The Balaban J connectivity index is 2.71. The fourth-order valence-electron chi connectivity index (χ4n) is 2.04. The number of hydrogen-bond donors (Lipinski definition) is 1. The molecule has 5 nitrogen and oxygen atoms in total. The van der Waals surface area contributed by atoms with Crippen LogP contribution >= 0.6 is 0 Å². The van der Waals surface area contributed by atoms with Crippen LogP contribution in [-0.2, 0) is 20.7 Å². The molecule has 0 unspecified atom stereocenters. The SMILES string of the molecule is CC(C)(C)COC(=O)[C@H](CCc1ccccc1)NC(=O)OC(C)(C)C. The van der Waals surface area contributed by atoms with Crippen LogP contribution in [0.3, 0.4) is 0 Å². The lowest BCUT2D eigenvalue weighted by Crippen LogP contribution is -2.45. The molecule has 0 aliphatic heterocycles. The van der Waals surface area contributed by atoms with E-state index in [1.165, 1.54) is 0 Å². The maximum Gasteiger partial charge on any atom is 0.408 e. The summed E-state index contributed by atoms with van der Waals surface area (Å²) in [6.07, 6.45) is 0.497.